The van der Waals surface area contributed by atoms with Crippen LogP contribution in [0, 0.1) is 6.92 Å². The first kappa shape index (κ1) is 16.6. The number of aromatic nitrogens is 1. The van der Waals surface area contributed by atoms with Gasteiger partial charge >= 0.3 is 11.9 Å². The number of hydrogen-bond acceptors (Lipinski definition) is 5. The molecular formula is C17H19NO5. The molecule has 0 unspecified atom stereocenters. The van der Waals surface area contributed by atoms with Crippen LogP contribution < -0.4 is 0 Å². The summed E-state index contributed by atoms with van der Waals surface area (Å²) in [7, 11) is 0. The summed E-state index contributed by atoms with van der Waals surface area (Å²) >= 11 is 0. The fraction of sp³-hybridized carbons (Fsp3) is 0.294. The predicted octanol–water partition coefficient (Wildman–Crippen LogP) is 2.84. The largest absolute Gasteiger partial charge is 0.505 e. The Labute approximate surface area is 134 Å². The lowest BCUT2D eigenvalue weighted by molar-refractivity contribution is 0.0471. The average molecular weight is 317 g/mol. The van der Waals surface area contributed by atoms with Gasteiger partial charge in [0.15, 0.2) is 5.69 Å². The van der Waals surface area contributed by atoms with E-state index < -0.39 is 11.9 Å². The maximum absolute atomic E-state index is 12.3. The van der Waals surface area contributed by atoms with E-state index in [9.17, 15) is 14.7 Å². The lowest BCUT2D eigenvalue weighted by atomic mass is 10.2. The van der Waals surface area contributed by atoms with Crippen molar-refractivity contribution in [2.45, 2.75) is 20.8 Å². The molecule has 0 aliphatic rings. The number of hydrogen-bond donors (Lipinski definition) is 1. The van der Waals surface area contributed by atoms with Crippen LogP contribution in [-0.4, -0.2) is 34.8 Å². The van der Waals surface area contributed by atoms with Gasteiger partial charge in [-0.1, -0.05) is 18.2 Å². The summed E-state index contributed by atoms with van der Waals surface area (Å²) in [5, 5.41) is 10.1. The zero-order valence-electron chi connectivity index (χ0n) is 13.3. The fourth-order valence-electron chi connectivity index (χ4n) is 2.32. The highest BCUT2D eigenvalue weighted by Gasteiger charge is 2.29. The van der Waals surface area contributed by atoms with Crippen LogP contribution in [0.3, 0.4) is 0 Å². The van der Waals surface area contributed by atoms with E-state index in [0.717, 1.165) is 5.56 Å². The summed E-state index contributed by atoms with van der Waals surface area (Å²) in [5.74, 6) is -1.78. The van der Waals surface area contributed by atoms with Gasteiger partial charge in [0.1, 0.15) is 11.3 Å². The van der Waals surface area contributed by atoms with Crippen LogP contribution in [-0.2, 0) is 9.47 Å². The minimum Gasteiger partial charge on any atom is -0.505 e. The standard InChI is InChI=1S/C17H19NO5/c1-4-22-16(20)14-13(19)10-18(15(14)17(21)23-5-2)12-9-7-6-8-11(12)3/h6-10,19H,4-5H2,1-3H3. The lowest BCUT2D eigenvalue weighted by Gasteiger charge is -2.12. The SMILES string of the molecule is CCOC(=O)c1c(O)cn(-c2ccccc2C)c1C(=O)OCC. The first-order chi connectivity index (χ1) is 11.0. The normalized spacial score (nSPS) is 10.4. The number of esters is 2. The van der Waals surface area contributed by atoms with Crippen molar-refractivity contribution in [3.63, 3.8) is 0 Å². The van der Waals surface area contributed by atoms with Gasteiger partial charge in [-0.25, -0.2) is 9.59 Å². The molecule has 0 atom stereocenters. The van der Waals surface area contributed by atoms with Crippen LogP contribution in [0.5, 0.6) is 5.75 Å². The quantitative estimate of drug-likeness (QED) is 0.858. The van der Waals surface area contributed by atoms with Gasteiger partial charge in [0.05, 0.1) is 19.4 Å². The van der Waals surface area contributed by atoms with E-state index in [2.05, 4.69) is 0 Å². The second kappa shape index (κ2) is 7.00. The number of aromatic hydroxyl groups is 1. The zero-order chi connectivity index (χ0) is 17.0. The third kappa shape index (κ3) is 3.21. The molecule has 1 heterocycles. The number of carbonyl (C=O) groups excluding carboxylic acids is 2. The summed E-state index contributed by atoms with van der Waals surface area (Å²) < 4.78 is 11.4. The van der Waals surface area contributed by atoms with Crippen LogP contribution in [0.4, 0.5) is 0 Å². The molecule has 0 amide bonds. The van der Waals surface area contributed by atoms with Gasteiger partial charge in [0, 0.05) is 5.69 Å². The molecule has 0 spiro atoms. The second-order valence-corrected chi connectivity index (χ2v) is 4.84. The third-order valence-corrected chi connectivity index (χ3v) is 3.31. The molecule has 1 aromatic heterocycles. The van der Waals surface area contributed by atoms with Crippen molar-refractivity contribution in [2.24, 2.45) is 0 Å². The van der Waals surface area contributed by atoms with Crippen LogP contribution >= 0.6 is 0 Å². The van der Waals surface area contributed by atoms with Crippen molar-refractivity contribution in [3.05, 3.63) is 47.3 Å². The average Bonchev–Trinajstić information content (AvgIpc) is 2.85. The fourth-order valence-corrected chi connectivity index (χ4v) is 2.32. The van der Waals surface area contributed by atoms with E-state index in [-0.39, 0.29) is 30.2 Å². The van der Waals surface area contributed by atoms with Gasteiger partial charge in [0.2, 0.25) is 0 Å². The van der Waals surface area contributed by atoms with E-state index in [1.54, 1.807) is 26.0 Å². The van der Waals surface area contributed by atoms with Crippen LogP contribution in [0.25, 0.3) is 5.69 Å². The van der Waals surface area contributed by atoms with E-state index in [1.807, 2.05) is 19.1 Å². The Balaban J connectivity index is 2.68. The molecule has 0 saturated heterocycles. The van der Waals surface area contributed by atoms with Crippen molar-refractivity contribution in [2.75, 3.05) is 13.2 Å². The first-order valence-corrected chi connectivity index (χ1v) is 7.35. The highest BCUT2D eigenvalue weighted by atomic mass is 16.5. The summed E-state index contributed by atoms with van der Waals surface area (Å²) in [6, 6.07) is 7.31. The Morgan fingerprint density at radius 1 is 1.09 bits per heavy atom. The molecule has 0 aliphatic heterocycles. The minimum absolute atomic E-state index is 0.0444. The predicted molar refractivity (Wildman–Crippen MR) is 84.1 cm³/mol. The van der Waals surface area contributed by atoms with Crippen LogP contribution in [0.15, 0.2) is 30.5 Å². The Hall–Kier alpha value is -2.76. The van der Waals surface area contributed by atoms with Gasteiger partial charge in [-0.05, 0) is 32.4 Å². The van der Waals surface area contributed by atoms with E-state index in [1.165, 1.54) is 10.8 Å². The van der Waals surface area contributed by atoms with E-state index >= 15 is 0 Å². The van der Waals surface area contributed by atoms with Crippen molar-refractivity contribution in [3.8, 4) is 11.4 Å². The molecule has 0 fully saturated rings. The number of ether oxygens (including phenoxy) is 2. The number of nitrogens with zero attached hydrogens (tertiary/aromatic N) is 1. The van der Waals surface area contributed by atoms with Crippen molar-refractivity contribution >= 4 is 11.9 Å². The number of rotatable bonds is 5. The highest BCUT2D eigenvalue weighted by molar-refractivity contribution is 6.05. The summed E-state index contributed by atoms with van der Waals surface area (Å²) in [5.41, 5.74) is 1.32. The number of benzene rings is 1. The highest BCUT2D eigenvalue weighted by Crippen LogP contribution is 2.29. The van der Waals surface area contributed by atoms with Crippen molar-refractivity contribution in [1.29, 1.82) is 0 Å². The third-order valence-electron chi connectivity index (χ3n) is 3.31. The monoisotopic (exact) mass is 317 g/mol. The van der Waals surface area contributed by atoms with Gasteiger partial charge in [-0.15, -0.1) is 0 Å². The van der Waals surface area contributed by atoms with Crippen molar-refractivity contribution in [1.82, 2.24) is 4.57 Å². The smallest absolute Gasteiger partial charge is 0.356 e. The van der Waals surface area contributed by atoms with Gasteiger partial charge < -0.3 is 19.1 Å². The Morgan fingerprint density at radius 2 is 1.70 bits per heavy atom. The van der Waals surface area contributed by atoms with Crippen molar-refractivity contribution < 1.29 is 24.2 Å². The molecule has 6 heteroatoms. The summed E-state index contributed by atoms with van der Waals surface area (Å²) in [6.07, 6.45) is 1.32. The Bertz CT molecular complexity index is 733. The Kier molecular flexibility index (Phi) is 5.05. The molecule has 2 aromatic rings. The molecule has 122 valence electrons. The molecule has 1 N–H and O–H groups in total. The number of carbonyl (C=O) groups is 2. The zero-order valence-corrected chi connectivity index (χ0v) is 13.3. The summed E-state index contributed by atoms with van der Waals surface area (Å²) in [4.78, 5) is 24.5. The van der Waals surface area contributed by atoms with Crippen LogP contribution in [0.2, 0.25) is 0 Å². The maximum atomic E-state index is 12.3. The summed E-state index contributed by atoms with van der Waals surface area (Å²) in [6.45, 7) is 5.47. The second-order valence-electron chi connectivity index (χ2n) is 4.84. The molecule has 0 saturated carbocycles. The van der Waals surface area contributed by atoms with Gasteiger partial charge in [-0.3, -0.25) is 0 Å². The lowest BCUT2D eigenvalue weighted by Crippen LogP contribution is -2.17. The molecule has 6 nitrogen and oxygen atoms in total. The number of para-hydroxylation sites is 1. The molecule has 0 radical (unpaired) electrons. The molecule has 1 aromatic carbocycles. The van der Waals surface area contributed by atoms with Crippen LogP contribution in [0.1, 0.15) is 40.3 Å². The molecule has 0 bridgehead atoms. The first-order valence-electron chi connectivity index (χ1n) is 7.35. The molecule has 2 rings (SSSR count). The topological polar surface area (TPSA) is 77.8 Å². The molecular weight excluding hydrogens is 298 g/mol. The number of aryl methyl sites for hydroxylation is 1. The Morgan fingerprint density at radius 3 is 2.30 bits per heavy atom. The maximum Gasteiger partial charge on any atom is 0.356 e. The van der Waals surface area contributed by atoms with E-state index in [0.29, 0.717) is 5.69 Å². The molecule has 0 aliphatic carbocycles. The van der Waals surface area contributed by atoms with Gasteiger partial charge in [-0.2, -0.15) is 0 Å². The van der Waals surface area contributed by atoms with E-state index in [4.69, 9.17) is 9.47 Å². The minimum atomic E-state index is -0.764. The van der Waals surface area contributed by atoms with Gasteiger partial charge in [0.25, 0.3) is 0 Å². The molecule has 23 heavy (non-hydrogen) atoms.